The molecule has 0 bridgehead atoms. The van der Waals surface area contributed by atoms with Crippen LogP contribution in [0.2, 0.25) is 0 Å². The Morgan fingerprint density at radius 1 is 1.42 bits per heavy atom. The molecular formula is C10H22N6O2S. The molecule has 1 rings (SSSR count). The monoisotopic (exact) mass is 290 g/mol. The standard InChI is InChI=1S/C10H22N6O2S/c1-11-6-4-8-16(3)19(17,18)13-7-5-10-12-9-15(2)14-10/h9,11,13H,4-8H2,1-3H3. The van der Waals surface area contributed by atoms with E-state index in [0.717, 1.165) is 13.0 Å². The molecule has 0 aromatic carbocycles. The summed E-state index contributed by atoms with van der Waals surface area (Å²) < 4.78 is 29.2. The lowest BCUT2D eigenvalue weighted by atomic mass is 10.4. The quantitative estimate of drug-likeness (QED) is 0.554. The number of rotatable bonds is 9. The Morgan fingerprint density at radius 2 is 2.16 bits per heavy atom. The summed E-state index contributed by atoms with van der Waals surface area (Å²) in [6, 6.07) is 0. The van der Waals surface area contributed by atoms with Crippen LogP contribution in [0, 0.1) is 0 Å². The van der Waals surface area contributed by atoms with E-state index in [1.54, 1.807) is 25.1 Å². The van der Waals surface area contributed by atoms with Gasteiger partial charge in [-0.1, -0.05) is 0 Å². The molecule has 0 atom stereocenters. The van der Waals surface area contributed by atoms with Crippen LogP contribution in [-0.2, 0) is 23.7 Å². The molecule has 9 heteroatoms. The van der Waals surface area contributed by atoms with Crippen molar-refractivity contribution < 1.29 is 8.42 Å². The molecule has 0 spiro atoms. The summed E-state index contributed by atoms with van der Waals surface area (Å²) in [5.41, 5.74) is 0. The van der Waals surface area contributed by atoms with E-state index in [-0.39, 0.29) is 0 Å². The van der Waals surface area contributed by atoms with Crippen molar-refractivity contribution in [1.29, 1.82) is 0 Å². The van der Waals surface area contributed by atoms with Crippen molar-refractivity contribution in [2.75, 3.05) is 33.7 Å². The van der Waals surface area contributed by atoms with Crippen LogP contribution < -0.4 is 10.0 Å². The molecule has 2 N–H and O–H groups in total. The number of hydrogen-bond acceptors (Lipinski definition) is 5. The molecule has 0 saturated heterocycles. The Kier molecular flexibility index (Phi) is 6.35. The highest BCUT2D eigenvalue weighted by Gasteiger charge is 2.16. The maximum absolute atomic E-state index is 11.9. The van der Waals surface area contributed by atoms with E-state index in [4.69, 9.17) is 0 Å². The summed E-state index contributed by atoms with van der Waals surface area (Å²) in [6.45, 7) is 1.57. The summed E-state index contributed by atoms with van der Waals surface area (Å²) in [5.74, 6) is 0.628. The Balaban J connectivity index is 2.33. The highest BCUT2D eigenvalue weighted by atomic mass is 32.2. The van der Waals surface area contributed by atoms with E-state index in [1.165, 1.54) is 4.31 Å². The van der Waals surface area contributed by atoms with Crippen molar-refractivity contribution in [3.63, 3.8) is 0 Å². The van der Waals surface area contributed by atoms with Crippen LogP contribution in [0.15, 0.2) is 6.33 Å². The van der Waals surface area contributed by atoms with Crippen molar-refractivity contribution in [3.8, 4) is 0 Å². The van der Waals surface area contributed by atoms with Crippen LogP contribution in [0.4, 0.5) is 0 Å². The van der Waals surface area contributed by atoms with Crippen LogP contribution in [0.1, 0.15) is 12.2 Å². The Bertz CT molecular complexity index is 472. The van der Waals surface area contributed by atoms with E-state index in [1.807, 2.05) is 7.05 Å². The van der Waals surface area contributed by atoms with Crippen LogP contribution in [-0.4, -0.2) is 61.2 Å². The van der Waals surface area contributed by atoms with Crippen LogP contribution >= 0.6 is 0 Å². The van der Waals surface area contributed by atoms with E-state index in [9.17, 15) is 8.42 Å². The number of nitrogens with zero attached hydrogens (tertiary/aromatic N) is 4. The van der Waals surface area contributed by atoms with Gasteiger partial charge in [-0.3, -0.25) is 4.68 Å². The number of nitrogens with one attached hydrogen (secondary N) is 2. The van der Waals surface area contributed by atoms with Crippen LogP contribution in [0.3, 0.4) is 0 Å². The average Bonchev–Trinajstić information content (AvgIpc) is 2.75. The SMILES string of the molecule is CNCCCN(C)S(=O)(=O)NCCc1ncn(C)n1. The van der Waals surface area contributed by atoms with Gasteiger partial charge in [0.25, 0.3) is 10.2 Å². The van der Waals surface area contributed by atoms with Gasteiger partial charge in [0.05, 0.1) is 0 Å². The fourth-order valence-electron chi connectivity index (χ4n) is 1.50. The minimum absolute atomic E-state index is 0.294. The fourth-order valence-corrected chi connectivity index (χ4v) is 2.45. The largest absolute Gasteiger partial charge is 0.320 e. The van der Waals surface area contributed by atoms with E-state index >= 15 is 0 Å². The average molecular weight is 290 g/mol. The molecule has 0 aliphatic rings. The van der Waals surface area contributed by atoms with Gasteiger partial charge in [0.1, 0.15) is 6.33 Å². The topological polar surface area (TPSA) is 92.2 Å². The Labute approximate surface area is 114 Å². The highest BCUT2D eigenvalue weighted by Crippen LogP contribution is 1.96. The highest BCUT2D eigenvalue weighted by molar-refractivity contribution is 7.87. The van der Waals surface area contributed by atoms with Crippen LogP contribution in [0.25, 0.3) is 0 Å². The summed E-state index contributed by atoms with van der Waals surface area (Å²) in [4.78, 5) is 4.04. The molecule has 1 aromatic heterocycles. The van der Waals surface area contributed by atoms with Crippen molar-refractivity contribution in [2.24, 2.45) is 7.05 Å². The van der Waals surface area contributed by atoms with Gasteiger partial charge < -0.3 is 5.32 Å². The van der Waals surface area contributed by atoms with Gasteiger partial charge >= 0.3 is 0 Å². The van der Waals surface area contributed by atoms with Gasteiger partial charge in [0, 0.05) is 33.6 Å². The van der Waals surface area contributed by atoms with Crippen molar-refractivity contribution in [2.45, 2.75) is 12.8 Å². The Morgan fingerprint density at radius 3 is 2.74 bits per heavy atom. The van der Waals surface area contributed by atoms with Gasteiger partial charge in [0.15, 0.2) is 5.82 Å². The molecule has 110 valence electrons. The van der Waals surface area contributed by atoms with Gasteiger partial charge in [-0.2, -0.15) is 17.8 Å². The molecule has 8 nitrogen and oxygen atoms in total. The normalized spacial score (nSPS) is 12.2. The maximum atomic E-state index is 11.9. The zero-order valence-corrected chi connectivity index (χ0v) is 12.4. The molecule has 0 unspecified atom stereocenters. The third kappa shape index (κ3) is 5.64. The number of aromatic nitrogens is 3. The van der Waals surface area contributed by atoms with Crippen molar-refractivity contribution in [3.05, 3.63) is 12.2 Å². The van der Waals surface area contributed by atoms with E-state index in [2.05, 4.69) is 20.1 Å². The number of aryl methyl sites for hydroxylation is 1. The summed E-state index contributed by atoms with van der Waals surface area (Å²) in [7, 11) is 1.77. The minimum atomic E-state index is -3.41. The molecule has 0 fully saturated rings. The zero-order chi connectivity index (χ0) is 14.3. The molecule has 0 saturated carbocycles. The third-order valence-electron chi connectivity index (χ3n) is 2.59. The van der Waals surface area contributed by atoms with Crippen molar-refractivity contribution >= 4 is 10.2 Å². The van der Waals surface area contributed by atoms with E-state index in [0.29, 0.717) is 25.3 Å². The maximum Gasteiger partial charge on any atom is 0.279 e. The molecule has 1 aromatic rings. The predicted octanol–water partition coefficient (Wildman–Crippen LogP) is -1.27. The number of hydrogen-bond donors (Lipinski definition) is 2. The lowest BCUT2D eigenvalue weighted by molar-refractivity contribution is 0.448. The van der Waals surface area contributed by atoms with Crippen LogP contribution in [0.5, 0.6) is 0 Å². The summed E-state index contributed by atoms with van der Waals surface area (Å²) in [5, 5.41) is 7.07. The van der Waals surface area contributed by atoms with Crippen molar-refractivity contribution in [1.82, 2.24) is 29.1 Å². The lowest BCUT2D eigenvalue weighted by Gasteiger charge is -2.17. The minimum Gasteiger partial charge on any atom is -0.320 e. The fraction of sp³-hybridized carbons (Fsp3) is 0.800. The van der Waals surface area contributed by atoms with E-state index < -0.39 is 10.2 Å². The molecular weight excluding hydrogens is 268 g/mol. The smallest absolute Gasteiger partial charge is 0.279 e. The first-order valence-corrected chi connectivity index (χ1v) is 7.60. The first-order valence-electron chi connectivity index (χ1n) is 6.15. The molecule has 19 heavy (non-hydrogen) atoms. The summed E-state index contributed by atoms with van der Waals surface area (Å²) >= 11 is 0. The van der Waals surface area contributed by atoms with Gasteiger partial charge in [-0.15, -0.1) is 0 Å². The second kappa shape index (κ2) is 7.53. The third-order valence-corrected chi connectivity index (χ3v) is 4.16. The first kappa shape index (κ1) is 16.0. The molecule has 0 aliphatic carbocycles. The summed E-state index contributed by atoms with van der Waals surface area (Å²) in [6.07, 6.45) is 2.84. The molecule has 0 amide bonds. The molecule has 0 radical (unpaired) electrons. The Hall–Kier alpha value is -1.03. The zero-order valence-electron chi connectivity index (χ0n) is 11.6. The second-order valence-corrected chi connectivity index (χ2v) is 6.12. The molecule has 0 aliphatic heterocycles. The molecule has 1 heterocycles. The second-order valence-electron chi connectivity index (χ2n) is 4.26. The van der Waals surface area contributed by atoms with Gasteiger partial charge in [-0.25, -0.2) is 9.71 Å². The van der Waals surface area contributed by atoms with Gasteiger partial charge in [0.2, 0.25) is 0 Å². The first-order chi connectivity index (χ1) is 8.95. The predicted molar refractivity (Wildman–Crippen MR) is 72.8 cm³/mol. The lowest BCUT2D eigenvalue weighted by Crippen LogP contribution is -2.40. The van der Waals surface area contributed by atoms with Gasteiger partial charge in [-0.05, 0) is 20.0 Å².